The molecule has 2 aromatic heterocycles. The summed E-state index contributed by atoms with van der Waals surface area (Å²) in [4.78, 5) is 12.7. The van der Waals surface area contributed by atoms with Crippen molar-refractivity contribution >= 4 is 22.9 Å². The smallest absolute Gasteiger partial charge is 0.321 e. The van der Waals surface area contributed by atoms with E-state index in [1.807, 2.05) is 6.92 Å². The topological polar surface area (TPSA) is 99.9 Å². The van der Waals surface area contributed by atoms with Crippen LogP contribution in [-0.4, -0.2) is 55.9 Å². The maximum atomic E-state index is 13.2. The fourth-order valence-electron chi connectivity index (χ4n) is 2.93. The van der Waals surface area contributed by atoms with E-state index in [9.17, 15) is 13.9 Å². The molecular weight excluding hydrogens is 332 g/mol. The summed E-state index contributed by atoms with van der Waals surface area (Å²) in [6.07, 6.45) is 2.00. The van der Waals surface area contributed by atoms with Gasteiger partial charge in [-0.2, -0.15) is 18.7 Å². The zero-order valence-corrected chi connectivity index (χ0v) is 14.2. The largest absolute Gasteiger partial charge is 0.391 e. The maximum absolute atomic E-state index is 13.2. The van der Waals surface area contributed by atoms with Crippen molar-refractivity contribution in [2.24, 2.45) is 0 Å². The highest BCUT2D eigenvalue weighted by Gasteiger charge is 2.22. The van der Waals surface area contributed by atoms with Gasteiger partial charge in [0.25, 0.3) is 0 Å². The van der Waals surface area contributed by atoms with Crippen LogP contribution >= 0.6 is 0 Å². The molecule has 1 saturated heterocycles. The summed E-state index contributed by atoms with van der Waals surface area (Å²) in [6, 6.07) is -0.122. The van der Waals surface area contributed by atoms with Gasteiger partial charge < -0.3 is 21.1 Å². The Labute approximate surface area is 144 Å². The molecule has 0 spiro atoms. The molecule has 0 radical (unpaired) electrons. The molecule has 0 aliphatic carbocycles. The Kier molecular flexibility index (Phi) is 5.28. The fourth-order valence-corrected chi connectivity index (χ4v) is 2.93. The number of fused-ring (bicyclic) bond motifs is 1. The lowest BCUT2D eigenvalue weighted by molar-refractivity contribution is 0.0740. The van der Waals surface area contributed by atoms with Crippen molar-refractivity contribution in [3.63, 3.8) is 0 Å². The summed E-state index contributed by atoms with van der Waals surface area (Å²) < 4.78 is 27.2. The van der Waals surface area contributed by atoms with E-state index >= 15 is 0 Å². The molecule has 0 aromatic carbocycles. The van der Waals surface area contributed by atoms with Gasteiger partial charge in [-0.3, -0.25) is 4.57 Å². The number of nitrogens with one attached hydrogen (secondary N) is 3. The number of alkyl halides is 2. The van der Waals surface area contributed by atoms with Crippen LogP contribution in [0.1, 0.15) is 33.2 Å². The summed E-state index contributed by atoms with van der Waals surface area (Å²) in [5.41, 5.74) is 0.365. The van der Waals surface area contributed by atoms with Crippen LogP contribution in [-0.2, 0) is 0 Å². The Balaban J connectivity index is 1.99. The number of hydrogen-bond donors (Lipinski definition) is 4. The van der Waals surface area contributed by atoms with Gasteiger partial charge in [0.2, 0.25) is 5.95 Å². The molecule has 10 heteroatoms. The first-order valence-electron chi connectivity index (χ1n) is 8.44. The number of aliphatic hydroxyl groups excluding tert-OH is 1. The van der Waals surface area contributed by atoms with E-state index in [2.05, 4.69) is 30.9 Å². The molecule has 0 saturated carbocycles. The van der Waals surface area contributed by atoms with Crippen molar-refractivity contribution < 1.29 is 13.9 Å². The molecule has 0 amide bonds. The molecule has 3 heterocycles. The first kappa shape index (κ1) is 17.7. The van der Waals surface area contributed by atoms with Crippen LogP contribution < -0.4 is 16.0 Å². The second-order valence-corrected chi connectivity index (χ2v) is 6.23. The molecule has 1 aliphatic heterocycles. The summed E-state index contributed by atoms with van der Waals surface area (Å²) in [5.74, 6) is 0.608. The van der Waals surface area contributed by atoms with Crippen molar-refractivity contribution in [3.05, 3.63) is 6.33 Å². The molecular formula is C15H23F2N7O. The molecule has 3 atom stereocenters. The highest BCUT2D eigenvalue weighted by molar-refractivity contribution is 5.84. The van der Waals surface area contributed by atoms with Crippen LogP contribution in [0.4, 0.5) is 20.5 Å². The van der Waals surface area contributed by atoms with Gasteiger partial charge in [0.1, 0.15) is 6.33 Å². The molecule has 8 nitrogen and oxygen atoms in total. The fraction of sp³-hybridized carbons (Fsp3) is 0.667. The maximum Gasteiger partial charge on any atom is 0.321 e. The number of imidazole rings is 1. The Morgan fingerprint density at radius 1 is 1.44 bits per heavy atom. The van der Waals surface area contributed by atoms with Crippen molar-refractivity contribution in [2.45, 2.75) is 51.4 Å². The van der Waals surface area contributed by atoms with Gasteiger partial charge in [-0.1, -0.05) is 6.92 Å². The highest BCUT2D eigenvalue weighted by Crippen LogP contribution is 2.26. The zero-order valence-electron chi connectivity index (χ0n) is 14.2. The van der Waals surface area contributed by atoms with Crippen molar-refractivity contribution in [1.29, 1.82) is 0 Å². The van der Waals surface area contributed by atoms with Gasteiger partial charge in [-0.15, -0.1) is 0 Å². The van der Waals surface area contributed by atoms with E-state index in [0.29, 0.717) is 22.3 Å². The first-order chi connectivity index (χ1) is 12.0. The van der Waals surface area contributed by atoms with Gasteiger partial charge in [0.05, 0.1) is 12.1 Å². The van der Waals surface area contributed by atoms with Crippen molar-refractivity contribution in [3.8, 4) is 0 Å². The highest BCUT2D eigenvalue weighted by atomic mass is 19.3. The second kappa shape index (κ2) is 7.44. The third-order valence-corrected chi connectivity index (χ3v) is 4.37. The third kappa shape index (κ3) is 3.79. The van der Waals surface area contributed by atoms with Crippen molar-refractivity contribution in [2.75, 3.05) is 23.7 Å². The average Bonchev–Trinajstić information content (AvgIpc) is 3.21. The van der Waals surface area contributed by atoms with E-state index in [0.717, 1.165) is 25.8 Å². The van der Waals surface area contributed by atoms with Gasteiger partial charge in [-0.25, -0.2) is 4.98 Å². The van der Waals surface area contributed by atoms with Gasteiger partial charge >= 0.3 is 6.55 Å². The number of nitrogens with zero attached hydrogens (tertiary/aromatic N) is 4. The molecule has 2 aromatic rings. The number of aromatic nitrogens is 4. The molecule has 4 N–H and O–H groups in total. The van der Waals surface area contributed by atoms with E-state index in [1.54, 1.807) is 6.92 Å². The predicted molar refractivity (Wildman–Crippen MR) is 90.9 cm³/mol. The van der Waals surface area contributed by atoms with Gasteiger partial charge in [-0.05, 0) is 26.3 Å². The van der Waals surface area contributed by atoms with Crippen LogP contribution in [0.25, 0.3) is 11.2 Å². The van der Waals surface area contributed by atoms with Gasteiger partial charge in [0, 0.05) is 12.6 Å². The number of hydrogen-bond acceptors (Lipinski definition) is 7. The standard InChI is InChI=1S/C15H23F2N7O/c1-3-10(8(2)25)21-15-22-12(20-9-4-5-18-6-9)11-13(23-15)24(7-19-11)14(16)17/h7-10,14,18,25H,3-6H2,1-2H3,(H2,20,21,22,23)/t8-,9+,10+/m1/s1. The number of halogens is 2. The van der Waals surface area contributed by atoms with E-state index in [-0.39, 0.29) is 23.7 Å². The number of anilines is 2. The molecule has 0 bridgehead atoms. The first-order valence-corrected chi connectivity index (χ1v) is 8.44. The molecule has 0 unspecified atom stereocenters. The summed E-state index contributed by atoms with van der Waals surface area (Å²) in [5, 5.41) is 19.3. The Bertz CT molecular complexity index is 715. The average molecular weight is 355 g/mol. The Morgan fingerprint density at radius 3 is 2.84 bits per heavy atom. The second-order valence-electron chi connectivity index (χ2n) is 6.23. The predicted octanol–water partition coefficient (Wildman–Crippen LogP) is 1.57. The minimum absolute atomic E-state index is 0.0569. The van der Waals surface area contributed by atoms with Crippen LogP contribution in [0.3, 0.4) is 0 Å². The monoisotopic (exact) mass is 355 g/mol. The third-order valence-electron chi connectivity index (χ3n) is 4.37. The minimum atomic E-state index is -2.74. The SMILES string of the molecule is CC[C@H](Nc1nc(N[C@H]2CCNC2)c2ncn(C(F)F)c2n1)[C@@H](C)O. The molecule has 25 heavy (non-hydrogen) atoms. The van der Waals surface area contributed by atoms with Gasteiger partial charge in [0.15, 0.2) is 17.0 Å². The lowest BCUT2D eigenvalue weighted by Gasteiger charge is -2.20. The van der Waals surface area contributed by atoms with E-state index < -0.39 is 12.7 Å². The lowest BCUT2D eigenvalue weighted by atomic mass is 10.1. The van der Waals surface area contributed by atoms with Crippen LogP contribution in [0, 0.1) is 0 Å². The van der Waals surface area contributed by atoms with Crippen molar-refractivity contribution in [1.82, 2.24) is 24.8 Å². The summed E-state index contributed by atoms with van der Waals surface area (Å²) in [7, 11) is 0. The van der Waals surface area contributed by atoms with E-state index in [1.165, 1.54) is 0 Å². The molecule has 138 valence electrons. The zero-order chi connectivity index (χ0) is 18.0. The summed E-state index contributed by atoms with van der Waals surface area (Å²) in [6.45, 7) is 2.49. The molecule has 3 rings (SSSR count). The number of aliphatic hydroxyl groups is 1. The van der Waals surface area contributed by atoms with Crippen LogP contribution in [0.2, 0.25) is 0 Å². The minimum Gasteiger partial charge on any atom is -0.391 e. The quantitative estimate of drug-likeness (QED) is 0.598. The van der Waals surface area contributed by atoms with E-state index in [4.69, 9.17) is 0 Å². The summed E-state index contributed by atoms with van der Waals surface area (Å²) >= 11 is 0. The number of rotatable bonds is 7. The molecule has 1 aliphatic rings. The lowest BCUT2D eigenvalue weighted by Crippen LogP contribution is -2.31. The Hall–Kier alpha value is -2.07. The normalized spacial score (nSPS) is 20.2. The Morgan fingerprint density at radius 2 is 2.24 bits per heavy atom. The van der Waals surface area contributed by atoms with Crippen LogP contribution in [0.5, 0.6) is 0 Å². The van der Waals surface area contributed by atoms with Crippen LogP contribution in [0.15, 0.2) is 6.33 Å². The molecule has 1 fully saturated rings.